The quantitative estimate of drug-likeness (QED) is 0.383. The molecule has 2 heterocycles. The highest BCUT2D eigenvalue weighted by Gasteiger charge is 2.20. The molecule has 2 aromatic carbocycles. The van der Waals surface area contributed by atoms with Crippen LogP contribution >= 0.6 is 0 Å². The predicted octanol–water partition coefficient (Wildman–Crippen LogP) is 2.20. The van der Waals surface area contributed by atoms with Crippen LogP contribution in [-0.4, -0.2) is 54.4 Å². The van der Waals surface area contributed by atoms with Gasteiger partial charge in [-0.3, -0.25) is 23.5 Å². The zero-order chi connectivity index (χ0) is 27.9. The molecule has 2 amide bonds. The lowest BCUT2D eigenvalue weighted by atomic mass is 10.2. The van der Waals surface area contributed by atoms with Crippen molar-refractivity contribution in [1.82, 2.24) is 14.5 Å². The van der Waals surface area contributed by atoms with E-state index in [4.69, 9.17) is 14.2 Å². The molecule has 1 aliphatic rings. The first kappa shape index (κ1) is 27.9. The largest absolute Gasteiger partial charge is 0.493 e. The van der Waals surface area contributed by atoms with Crippen molar-refractivity contribution in [2.45, 2.75) is 51.8 Å². The zero-order valence-electron chi connectivity index (χ0n) is 22.5. The van der Waals surface area contributed by atoms with Crippen molar-refractivity contribution in [2.75, 3.05) is 32.7 Å². The Hall–Kier alpha value is -4.12. The number of benzene rings is 2. The summed E-state index contributed by atoms with van der Waals surface area (Å²) < 4.78 is 18.5. The number of rotatable bonds is 11. The molecule has 11 nitrogen and oxygen atoms in total. The maximum atomic E-state index is 13.5. The lowest BCUT2D eigenvalue weighted by molar-refractivity contribution is -0.121. The van der Waals surface area contributed by atoms with Crippen LogP contribution in [0.25, 0.3) is 10.9 Å². The van der Waals surface area contributed by atoms with Crippen molar-refractivity contribution in [3.05, 3.63) is 62.8 Å². The van der Waals surface area contributed by atoms with Crippen LogP contribution in [0.3, 0.4) is 0 Å². The van der Waals surface area contributed by atoms with E-state index in [9.17, 15) is 19.2 Å². The van der Waals surface area contributed by atoms with Gasteiger partial charge in [-0.25, -0.2) is 4.79 Å². The van der Waals surface area contributed by atoms with E-state index in [-0.39, 0.29) is 48.8 Å². The first-order valence-corrected chi connectivity index (χ1v) is 12.9. The topological polar surface area (TPSA) is 130 Å². The van der Waals surface area contributed by atoms with Gasteiger partial charge in [-0.15, -0.1) is 0 Å². The molecular weight excluding hydrogens is 504 g/mol. The number of hydrogen-bond donors (Lipinski definition) is 2. The number of aromatic nitrogens is 2. The van der Waals surface area contributed by atoms with Gasteiger partial charge in [0.25, 0.3) is 5.56 Å². The Balaban J connectivity index is 1.60. The zero-order valence-corrected chi connectivity index (χ0v) is 22.5. The summed E-state index contributed by atoms with van der Waals surface area (Å²) in [5.41, 5.74) is 0.685. The second-order valence-electron chi connectivity index (χ2n) is 9.51. The minimum absolute atomic E-state index is 0.00881. The van der Waals surface area contributed by atoms with Gasteiger partial charge in [0.15, 0.2) is 11.5 Å². The summed E-state index contributed by atoms with van der Waals surface area (Å²) in [7, 11) is 2.89. The van der Waals surface area contributed by atoms with E-state index in [0.29, 0.717) is 30.3 Å². The molecule has 0 radical (unpaired) electrons. The van der Waals surface area contributed by atoms with Gasteiger partial charge in [-0.05, 0) is 44.4 Å². The van der Waals surface area contributed by atoms with E-state index in [0.717, 1.165) is 23.0 Å². The van der Waals surface area contributed by atoms with Gasteiger partial charge in [-0.1, -0.05) is 17.7 Å². The number of nitrogens with zero attached hydrogens (tertiary/aromatic N) is 2. The van der Waals surface area contributed by atoms with Crippen LogP contribution in [0.15, 0.2) is 46.0 Å². The molecule has 0 saturated carbocycles. The number of nitrogens with one attached hydrogen (secondary N) is 2. The van der Waals surface area contributed by atoms with Crippen molar-refractivity contribution in [3.63, 3.8) is 0 Å². The van der Waals surface area contributed by atoms with E-state index in [1.54, 1.807) is 12.1 Å². The van der Waals surface area contributed by atoms with Crippen LogP contribution in [0.4, 0.5) is 5.69 Å². The van der Waals surface area contributed by atoms with Gasteiger partial charge in [-0.2, -0.15) is 0 Å². The van der Waals surface area contributed by atoms with Crippen LogP contribution in [0, 0.1) is 6.92 Å². The number of amides is 2. The Morgan fingerprint density at radius 1 is 1.03 bits per heavy atom. The molecule has 0 aliphatic carbocycles. The molecule has 11 heteroatoms. The van der Waals surface area contributed by atoms with Crippen LogP contribution in [0.1, 0.15) is 31.2 Å². The number of hydrogen-bond acceptors (Lipinski definition) is 7. The maximum Gasteiger partial charge on any atom is 0.331 e. The monoisotopic (exact) mass is 538 g/mol. The molecule has 1 aliphatic heterocycles. The maximum absolute atomic E-state index is 13.5. The van der Waals surface area contributed by atoms with E-state index in [2.05, 4.69) is 10.6 Å². The summed E-state index contributed by atoms with van der Waals surface area (Å²) in [6, 6.07) is 10.3. The number of fused-ring (bicyclic) bond motifs is 1. The number of aryl methyl sites for hydroxylation is 1. The van der Waals surface area contributed by atoms with E-state index in [1.807, 2.05) is 19.1 Å². The second-order valence-corrected chi connectivity index (χ2v) is 9.51. The van der Waals surface area contributed by atoms with Crippen LogP contribution in [0.2, 0.25) is 0 Å². The highest BCUT2D eigenvalue weighted by molar-refractivity contribution is 5.92. The molecule has 39 heavy (non-hydrogen) atoms. The first-order valence-electron chi connectivity index (χ1n) is 12.9. The molecule has 1 saturated heterocycles. The number of anilines is 1. The normalized spacial score (nSPS) is 14.8. The van der Waals surface area contributed by atoms with Crippen molar-refractivity contribution < 1.29 is 23.8 Å². The van der Waals surface area contributed by atoms with Crippen LogP contribution in [-0.2, 0) is 27.4 Å². The minimum atomic E-state index is -0.654. The van der Waals surface area contributed by atoms with Crippen LogP contribution in [0.5, 0.6) is 11.5 Å². The molecule has 1 atom stereocenters. The summed E-state index contributed by atoms with van der Waals surface area (Å²) in [5.74, 6) is 0.0212. The summed E-state index contributed by atoms with van der Waals surface area (Å²) in [5, 5.41) is 5.82. The molecule has 4 rings (SSSR count). The molecule has 1 fully saturated rings. The van der Waals surface area contributed by atoms with Gasteiger partial charge in [0.2, 0.25) is 11.8 Å². The fourth-order valence-electron chi connectivity index (χ4n) is 4.59. The number of carbonyl (C=O) groups is 2. The highest BCUT2D eigenvalue weighted by atomic mass is 16.5. The standard InChI is InChI=1S/C28H34N4O7/c1-18-8-10-19(11-9-18)30-26(34)17-32-22-15-24(38-3)23(37-2)14-21(22)27(35)31(28(32)36)12-4-7-25(33)29-16-20-6-5-13-39-20/h8-11,14-15,20H,4-7,12-13,16-17H2,1-3H3,(H,29,33)(H,30,34)/t20-/m0/s1. The third-order valence-electron chi connectivity index (χ3n) is 6.70. The average molecular weight is 539 g/mol. The van der Waals surface area contributed by atoms with Crippen LogP contribution < -0.4 is 31.4 Å². The fraction of sp³-hybridized carbons (Fsp3) is 0.429. The molecule has 208 valence electrons. The first-order chi connectivity index (χ1) is 18.8. The second kappa shape index (κ2) is 12.6. The van der Waals surface area contributed by atoms with Crippen molar-refractivity contribution >= 4 is 28.4 Å². The van der Waals surface area contributed by atoms with Crippen molar-refractivity contribution in [3.8, 4) is 11.5 Å². The Bertz CT molecular complexity index is 1450. The summed E-state index contributed by atoms with van der Waals surface area (Å²) in [6.45, 7) is 2.77. The summed E-state index contributed by atoms with van der Waals surface area (Å²) in [4.78, 5) is 52.2. The van der Waals surface area contributed by atoms with Gasteiger partial charge < -0.3 is 24.8 Å². The lowest BCUT2D eigenvalue weighted by Crippen LogP contribution is -2.42. The highest BCUT2D eigenvalue weighted by Crippen LogP contribution is 2.30. The predicted molar refractivity (Wildman–Crippen MR) is 147 cm³/mol. The molecule has 0 unspecified atom stereocenters. The molecule has 0 bridgehead atoms. The van der Waals surface area contributed by atoms with Gasteiger partial charge in [0.05, 0.1) is 31.2 Å². The third-order valence-corrected chi connectivity index (χ3v) is 6.70. The Kier molecular flexibility index (Phi) is 9.03. The average Bonchev–Trinajstić information content (AvgIpc) is 3.46. The number of carbonyl (C=O) groups excluding carboxylic acids is 2. The smallest absolute Gasteiger partial charge is 0.331 e. The Morgan fingerprint density at radius 3 is 2.41 bits per heavy atom. The van der Waals surface area contributed by atoms with E-state index < -0.39 is 17.2 Å². The van der Waals surface area contributed by atoms with Gasteiger partial charge >= 0.3 is 5.69 Å². The molecule has 3 aromatic rings. The Morgan fingerprint density at radius 2 is 1.74 bits per heavy atom. The molecule has 0 spiro atoms. The number of ether oxygens (including phenoxy) is 3. The molecule has 2 N–H and O–H groups in total. The van der Waals surface area contributed by atoms with Crippen molar-refractivity contribution in [2.24, 2.45) is 0 Å². The number of methoxy groups -OCH3 is 2. The molecular formula is C28H34N4O7. The summed E-state index contributed by atoms with van der Waals surface area (Å²) >= 11 is 0. The van der Waals surface area contributed by atoms with Crippen molar-refractivity contribution in [1.29, 1.82) is 0 Å². The van der Waals surface area contributed by atoms with Gasteiger partial charge in [0, 0.05) is 37.9 Å². The third kappa shape index (κ3) is 6.66. The SMILES string of the molecule is COc1cc2c(=O)n(CCCC(=O)NC[C@@H]3CCCO3)c(=O)n(CC(=O)Nc3ccc(C)cc3)c2cc1OC. The summed E-state index contributed by atoms with van der Waals surface area (Å²) in [6.07, 6.45) is 2.33. The molecule has 1 aromatic heterocycles. The van der Waals surface area contributed by atoms with Gasteiger partial charge in [0.1, 0.15) is 6.54 Å². The fourth-order valence-corrected chi connectivity index (χ4v) is 4.59. The Labute approximate surface area is 225 Å². The lowest BCUT2D eigenvalue weighted by Gasteiger charge is -2.16. The van der Waals surface area contributed by atoms with E-state index in [1.165, 1.54) is 30.9 Å². The van der Waals surface area contributed by atoms with E-state index >= 15 is 0 Å². The minimum Gasteiger partial charge on any atom is -0.493 e.